The minimum absolute atomic E-state index is 0.00567. The summed E-state index contributed by atoms with van der Waals surface area (Å²) in [6, 6.07) is 4.57. The number of benzene rings is 1. The van der Waals surface area contributed by atoms with Gasteiger partial charge in [-0.15, -0.1) is 0 Å². The van der Waals surface area contributed by atoms with Crippen LogP contribution < -0.4 is 10.6 Å². The molecule has 4 heterocycles. The minimum Gasteiger partial charge on any atom is -0.364 e. The maximum absolute atomic E-state index is 13.7. The van der Waals surface area contributed by atoms with E-state index in [1.165, 1.54) is 24.4 Å². The molecule has 2 amide bonds. The quantitative estimate of drug-likeness (QED) is 0.799. The van der Waals surface area contributed by atoms with E-state index in [4.69, 9.17) is 5.73 Å². The fraction of sp³-hybridized carbons (Fsp3) is 0.429. The van der Waals surface area contributed by atoms with Crippen molar-refractivity contribution in [3.8, 4) is 0 Å². The summed E-state index contributed by atoms with van der Waals surface area (Å²) in [4.78, 5) is 35.3. The van der Waals surface area contributed by atoms with Gasteiger partial charge in [0.1, 0.15) is 17.3 Å². The summed E-state index contributed by atoms with van der Waals surface area (Å²) >= 11 is 0. The molecule has 0 radical (unpaired) electrons. The van der Waals surface area contributed by atoms with Crippen LogP contribution in [0.25, 0.3) is 0 Å². The van der Waals surface area contributed by atoms with E-state index >= 15 is 0 Å². The summed E-state index contributed by atoms with van der Waals surface area (Å²) in [6.45, 7) is 2.39. The van der Waals surface area contributed by atoms with Crippen molar-refractivity contribution in [1.82, 2.24) is 20.0 Å². The first-order chi connectivity index (χ1) is 14.9. The Morgan fingerprint density at radius 3 is 2.52 bits per heavy atom. The Balaban J connectivity index is 1.33. The van der Waals surface area contributed by atoms with Crippen molar-refractivity contribution in [1.29, 1.82) is 0 Å². The summed E-state index contributed by atoms with van der Waals surface area (Å²) in [7, 11) is 0. The number of hydrogen-bond donors (Lipinski definition) is 1. The summed E-state index contributed by atoms with van der Waals surface area (Å²) in [6.07, 6.45) is 3.35. The number of hydrazine groups is 1. The van der Waals surface area contributed by atoms with E-state index in [1.807, 2.05) is 9.91 Å². The standard InChI is InChI=1S/C21H22F2N6O2/c22-14-9-13(10-15(23)11-14)17-2-6-28-12-21(19(31)29(17)28)3-7-27(8-4-21)20-25-5-1-16(26-20)18(24)30/h1,5,9-11,17H,2-4,6-8,12H2,(H2,24,30)/t17-/m0/s1. The second-order valence-corrected chi connectivity index (χ2v) is 8.42. The molecule has 3 aliphatic heterocycles. The fourth-order valence-electron chi connectivity index (χ4n) is 5.00. The largest absolute Gasteiger partial charge is 0.364 e. The Kier molecular flexibility index (Phi) is 4.62. The number of hydrogen-bond acceptors (Lipinski definition) is 6. The number of rotatable bonds is 3. The van der Waals surface area contributed by atoms with Crippen molar-refractivity contribution in [2.75, 3.05) is 31.1 Å². The van der Waals surface area contributed by atoms with E-state index in [-0.39, 0.29) is 17.6 Å². The van der Waals surface area contributed by atoms with Gasteiger partial charge >= 0.3 is 0 Å². The number of nitrogens with zero attached hydrogens (tertiary/aromatic N) is 5. The van der Waals surface area contributed by atoms with E-state index in [0.29, 0.717) is 57.0 Å². The molecule has 2 N–H and O–H groups in total. The second kappa shape index (κ2) is 7.23. The maximum Gasteiger partial charge on any atom is 0.267 e. The number of carbonyl (C=O) groups is 2. The summed E-state index contributed by atoms with van der Waals surface area (Å²) in [5.74, 6) is -1.46. The van der Waals surface area contributed by atoms with Crippen LogP contribution in [0.5, 0.6) is 0 Å². The van der Waals surface area contributed by atoms with Gasteiger partial charge in [0, 0.05) is 38.4 Å². The lowest BCUT2D eigenvalue weighted by molar-refractivity contribution is -0.143. The zero-order chi connectivity index (χ0) is 21.8. The van der Waals surface area contributed by atoms with Crippen LogP contribution in [-0.4, -0.2) is 58.0 Å². The number of primary amides is 1. The van der Waals surface area contributed by atoms with E-state index in [9.17, 15) is 18.4 Å². The lowest BCUT2D eigenvalue weighted by Gasteiger charge is -2.37. The van der Waals surface area contributed by atoms with Gasteiger partial charge in [-0.05, 0) is 43.0 Å². The molecule has 1 atom stereocenters. The van der Waals surface area contributed by atoms with Crippen LogP contribution >= 0.6 is 0 Å². The molecule has 162 valence electrons. The molecule has 1 aromatic heterocycles. The molecule has 0 aliphatic carbocycles. The number of amides is 2. The molecular formula is C21H22F2N6O2. The fourth-order valence-corrected chi connectivity index (χ4v) is 5.00. The molecule has 0 saturated carbocycles. The maximum atomic E-state index is 13.7. The first kappa shape index (κ1) is 19.8. The first-order valence-electron chi connectivity index (χ1n) is 10.3. The SMILES string of the molecule is NC(=O)c1ccnc(N2CCC3(CC2)CN2CC[C@@H](c4cc(F)cc(F)c4)N2C3=O)n1. The van der Waals surface area contributed by atoms with Crippen LogP contribution in [0.3, 0.4) is 0 Å². The Morgan fingerprint density at radius 2 is 1.84 bits per heavy atom. The van der Waals surface area contributed by atoms with Gasteiger partial charge in [-0.25, -0.2) is 23.8 Å². The smallest absolute Gasteiger partial charge is 0.267 e. The topological polar surface area (TPSA) is 95.7 Å². The number of halogens is 2. The van der Waals surface area contributed by atoms with E-state index in [0.717, 1.165) is 6.07 Å². The molecular weight excluding hydrogens is 406 g/mol. The predicted molar refractivity (Wildman–Crippen MR) is 107 cm³/mol. The molecule has 0 bridgehead atoms. The molecule has 1 spiro atoms. The van der Waals surface area contributed by atoms with Crippen LogP contribution in [0.4, 0.5) is 14.7 Å². The molecule has 3 aliphatic rings. The van der Waals surface area contributed by atoms with Crippen molar-refractivity contribution in [3.05, 3.63) is 53.4 Å². The molecule has 10 heteroatoms. The van der Waals surface area contributed by atoms with Gasteiger partial charge in [0.05, 0.1) is 11.5 Å². The van der Waals surface area contributed by atoms with Crippen molar-refractivity contribution in [2.24, 2.45) is 11.1 Å². The van der Waals surface area contributed by atoms with Gasteiger partial charge in [0.25, 0.3) is 5.91 Å². The Morgan fingerprint density at radius 1 is 1.13 bits per heavy atom. The number of anilines is 1. The molecule has 31 heavy (non-hydrogen) atoms. The third-order valence-electron chi connectivity index (χ3n) is 6.58. The Labute approximate surface area is 177 Å². The third kappa shape index (κ3) is 3.31. The molecule has 0 unspecified atom stereocenters. The number of piperidine rings is 1. The highest BCUT2D eigenvalue weighted by Gasteiger charge is 2.56. The average Bonchev–Trinajstić information content (AvgIpc) is 3.26. The lowest BCUT2D eigenvalue weighted by Crippen LogP contribution is -2.46. The van der Waals surface area contributed by atoms with E-state index in [2.05, 4.69) is 9.97 Å². The Hall–Kier alpha value is -3.14. The lowest BCUT2D eigenvalue weighted by atomic mass is 9.78. The molecule has 3 fully saturated rings. The molecule has 2 aromatic rings. The van der Waals surface area contributed by atoms with E-state index in [1.54, 1.807) is 5.01 Å². The molecule has 8 nitrogen and oxygen atoms in total. The van der Waals surface area contributed by atoms with E-state index < -0.39 is 23.0 Å². The average molecular weight is 428 g/mol. The minimum atomic E-state index is -0.638. The predicted octanol–water partition coefficient (Wildman–Crippen LogP) is 1.64. The Bertz CT molecular complexity index is 1040. The molecule has 1 aromatic carbocycles. The number of fused-ring (bicyclic) bond motifs is 1. The van der Waals surface area contributed by atoms with Gasteiger partial charge in [0.15, 0.2) is 0 Å². The molecule has 3 saturated heterocycles. The van der Waals surface area contributed by atoms with Crippen LogP contribution in [0, 0.1) is 17.0 Å². The van der Waals surface area contributed by atoms with Gasteiger partial charge in [0.2, 0.25) is 11.9 Å². The third-order valence-corrected chi connectivity index (χ3v) is 6.58. The van der Waals surface area contributed by atoms with Crippen molar-refractivity contribution < 1.29 is 18.4 Å². The van der Waals surface area contributed by atoms with Crippen molar-refractivity contribution in [2.45, 2.75) is 25.3 Å². The highest BCUT2D eigenvalue weighted by atomic mass is 19.1. The van der Waals surface area contributed by atoms with Gasteiger partial charge < -0.3 is 10.6 Å². The van der Waals surface area contributed by atoms with Crippen LogP contribution in [0.2, 0.25) is 0 Å². The second-order valence-electron chi connectivity index (χ2n) is 8.42. The van der Waals surface area contributed by atoms with Crippen LogP contribution in [0.15, 0.2) is 30.5 Å². The zero-order valence-electron chi connectivity index (χ0n) is 16.8. The normalized spacial score (nSPS) is 22.9. The van der Waals surface area contributed by atoms with Gasteiger partial charge in [-0.3, -0.25) is 14.6 Å². The van der Waals surface area contributed by atoms with Gasteiger partial charge in [-0.2, -0.15) is 0 Å². The van der Waals surface area contributed by atoms with Crippen LogP contribution in [-0.2, 0) is 4.79 Å². The first-order valence-corrected chi connectivity index (χ1v) is 10.3. The summed E-state index contributed by atoms with van der Waals surface area (Å²) in [5.41, 5.74) is 5.40. The molecule has 5 rings (SSSR count). The van der Waals surface area contributed by atoms with Crippen LogP contribution in [0.1, 0.15) is 41.4 Å². The highest BCUT2D eigenvalue weighted by molar-refractivity contribution is 5.91. The van der Waals surface area contributed by atoms with Gasteiger partial charge in [-0.1, -0.05) is 0 Å². The zero-order valence-corrected chi connectivity index (χ0v) is 16.8. The van der Waals surface area contributed by atoms with Crippen molar-refractivity contribution >= 4 is 17.8 Å². The summed E-state index contributed by atoms with van der Waals surface area (Å²) < 4.78 is 27.5. The number of carbonyl (C=O) groups excluding carboxylic acids is 2. The number of nitrogens with two attached hydrogens (primary N) is 1. The number of aromatic nitrogens is 2. The monoisotopic (exact) mass is 428 g/mol. The van der Waals surface area contributed by atoms with Crippen molar-refractivity contribution in [3.63, 3.8) is 0 Å². The summed E-state index contributed by atoms with van der Waals surface area (Å²) in [5, 5.41) is 3.71. The highest BCUT2D eigenvalue weighted by Crippen LogP contribution is 2.47.